The maximum Gasteiger partial charge on any atom is 0.254 e. The van der Waals surface area contributed by atoms with Gasteiger partial charge in [-0.05, 0) is 52.6 Å². The van der Waals surface area contributed by atoms with E-state index in [9.17, 15) is 9.59 Å². The van der Waals surface area contributed by atoms with E-state index < -0.39 is 0 Å². The number of nitrogens with zero attached hydrogens (tertiary/aromatic N) is 3. The van der Waals surface area contributed by atoms with Crippen molar-refractivity contribution in [1.29, 1.82) is 0 Å². The third-order valence-electron chi connectivity index (χ3n) is 6.69. The average molecular weight is 546 g/mol. The van der Waals surface area contributed by atoms with E-state index in [1.165, 1.54) is 0 Å². The molecule has 0 spiro atoms. The van der Waals surface area contributed by atoms with Gasteiger partial charge in [0.25, 0.3) is 5.91 Å². The molecule has 0 saturated carbocycles. The monoisotopic (exact) mass is 545 g/mol. The lowest BCUT2D eigenvalue weighted by Gasteiger charge is -2.29. The molecule has 4 rings (SSSR count). The Kier molecular flexibility index (Phi) is 9.79. The van der Waals surface area contributed by atoms with Gasteiger partial charge in [-0.1, -0.05) is 74.0 Å². The van der Waals surface area contributed by atoms with Crippen LogP contribution in [0.25, 0.3) is 10.8 Å². The highest BCUT2D eigenvalue weighted by Gasteiger charge is 2.24. The lowest BCUT2D eigenvalue weighted by atomic mass is 10.1. The first-order chi connectivity index (χ1) is 18.9. The van der Waals surface area contributed by atoms with E-state index >= 15 is 0 Å². The summed E-state index contributed by atoms with van der Waals surface area (Å²) in [4.78, 5) is 30.7. The summed E-state index contributed by atoms with van der Waals surface area (Å²) in [5.41, 5.74) is 2.58. The standard InChI is InChI=1S/C32H36ClN3O3/c1-24(2)20-36(22-29-12-8-16-34(29)21-28-11-6-7-13-30(28)33)31(37)23-35(17-18-39-3)32(38)27-15-14-25-9-4-5-10-26(25)19-27/h4-16,19,24H,17-18,20-23H2,1-3H3. The lowest BCUT2D eigenvalue weighted by Crippen LogP contribution is -2.45. The normalized spacial score (nSPS) is 11.2. The van der Waals surface area contributed by atoms with Crippen molar-refractivity contribution in [2.75, 3.05) is 33.4 Å². The molecular formula is C32H36ClN3O3. The quantitative estimate of drug-likeness (QED) is 0.216. The van der Waals surface area contributed by atoms with Crippen molar-refractivity contribution in [3.8, 4) is 0 Å². The second kappa shape index (κ2) is 13.5. The van der Waals surface area contributed by atoms with E-state index in [0.717, 1.165) is 22.0 Å². The Morgan fingerprint density at radius 1 is 0.923 bits per heavy atom. The van der Waals surface area contributed by atoms with E-state index in [4.69, 9.17) is 16.3 Å². The first kappa shape index (κ1) is 28.4. The van der Waals surface area contributed by atoms with Crippen LogP contribution in [0.5, 0.6) is 0 Å². The van der Waals surface area contributed by atoms with Crippen molar-refractivity contribution in [2.24, 2.45) is 5.92 Å². The topological polar surface area (TPSA) is 54.8 Å². The van der Waals surface area contributed by atoms with Crippen LogP contribution in [0.4, 0.5) is 0 Å². The van der Waals surface area contributed by atoms with E-state index in [2.05, 4.69) is 18.4 Å². The highest BCUT2D eigenvalue weighted by molar-refractivity contribution is 6.31. The minimum Gasteiger partial charge on any atom is -0.383 e. The molecule has 0 unspecified atom stereocenters. The summed E-state index contributed by atoms with van der Waals surface area (Å²) in [6, 6.07) is 25.4. The van der Waals surface area contributed by atoms with Crippen molar-refractivity contribution < 1.29 is 14.3 Å². The highest BCUT2D eigenvalue weighted by Crippen LogP contribution is 2.20. The number of hydrogen-bond donors (Lipinski definition) is 0. The predicted molar refractivity (Wildman–Crippen MR) is 157 cm³/mol. The number of hydrogen-bond acceptors (Lipinski definition) is 3. The summed E-state index contributed by atoms with van der Waals surface area (Å²) in [6.07, 6.45) is 2.00. The fraction of sp³-hybridized carbons (Fsp3) is 0.312. The number of halogens is 1. The van der Waals surface area contributed by atoms with Crippen LogP contribution in [0.1, 0.15) is 35.5 Å². The van der Waals surface area contributed by atoms with Gasteiger partial charge in [-0.25, -0.2) is 0 Å². The Labute approximate surface area is 235 Å². The second-order valence-corrected chi connectivity index (χ2v) is 10.6. The number of amides is 2. The third-order valence-corrected chi connectivity index (χ3v) is 7.06. The van der Waals surface area contributed by atoms with Crippen molar-refractivity contribution in [3.63, 3.8) is 0 Å². The summed E-state index contributed by atoms with van der Waals surface area (Å²) >= 11 is 6.40. The molecule has 0 atom stereocenters. The molecule has 3 aromatic carbocycles. The first-order valence-corrected chi connectivity index (χ1v) is 13.7. The van der Waals surface area contributed by atoms with Crippen molar-refractivity contribution in [1.82, 2.24) is 14.4 Å². The summed E-state index contributed by atoms with van der Waals surface area (Å²) in [5.74, 6) is -0.0123. The number of benzene rings is 3. The Morgan fingerprint density at radius 2 is 1.67 bits per heavy atom. The van der Waals surface area contributed by atoms with Crippen LogP contribution in [-0.2, 0) is 22.6 Å². The average Bonchev–Trinajstić information content (AvgIpc) is 3.37. The molecule has 0 bridgehead atoms. The van der Waals surface area contributed by atoms with Crippen LogP contribution in [0.3, 0.4) is 0 Å². The fourth-order valence-corrected chi connectivity index (χ4v) is 4.87. The molecule has 0 fully saturated rings. The summed E-state index contributed by atoms with van der Waals surface area (Å²) < 4.78 is 7.39. The Bertz CT molecular complexity index is 1410. The first-order valence-electron chi connectivity index (χ1n) is 13.3. The number of ether oxygens (including phenoxy) is 1. The molecule has 2 amide bonds. The smallest absolute Gasteiger partial charge is 0.254 e. The van der Waals surface area contributed by atoms with Crippen LogP contribution >= 0.6 is 11.6 Å². The van der Waals surface area contributed by atoms with E-state index in [1.807, 2.05) is 90.0 Å². The molecule has 1 aromatic heterocycles. The minimum absolute atomic E-state index is 0.0209. The SMILES string of the molecule is COCCN(CC(=O)N(Cc1cccn1Cc1ccccc1Cl)CC(C)C)C(=O)c1ccc2ccccc2c1. The van der Waals surface area contributed by atoms with Crippen molar-refractivity contribution >= 4 is 34.2 Å². The molecule has 0 aliphatic carbocycles. The van der Waals surface area contributed by atoms with Crippen LogP contribution in [0.15, 0.2) is 85.1 Å². The molecule has 0 aliphatic rings. The zero-order valence-electron chi connectivity index (χ0n) is 22.8. The molecule has 1 heterocycles. The van der Waals surface area contributed by atoms with Gasteiger partial charge in [0.15, 0.2) is 0 Å². The molecule has 39 heavy (non-hydrogen) atoms. The summed E-state index contributed by atoms with van der Waals surface area (Å²) in [7, 11) is 1.60. The van der Waals surface area contributed by atoms with Gasteiger partial charge in [0, 0.05) is 49.2 Å². The maximum atomic E-state index is 13.7. The van der Waals surface area contributed by atoms with E-state index in [-0.39, 0.29) is 24.3 Å². The van der Waals surface area contributed by atoms with Gasteiger partial charge in [0.1, 0.15) is 6.54 Å². The molecule has 0 aliphatic heterocycles. The van der Waals surface area contributed by atoms with E-state index in [1.54, 1.807) is 12.0 Å². The number of carbonyl (C=O) groups excluding carboxylic acids is 2. The molecule has 0 radical (unpaired) electrons. The predicted octanol–water partition coefficient (Wildman–Crippen LogP) is 6.12. The highest BCUT2D eigenvalue weighted by atomic mass is 35.5. The molecule has 0 N–H and O–H groups in total. The lowest BCUT2D eigenvalue weighted by molar-refractivity contribution is -0.133. The van der Waals surface area contributed by atoms with E-state index in [0.29, 0.717) is 43.4 Å². The molecule has 4 aromatic rings. The molecule has 204 valence electrons. The Balaban J connectivity index is 1.53. The Hall–Kier alpha value is -3.61. The van der Waals surface area contributed by atoms with Gasteiger partial charge >= 0.3 is 0 Å². The summed E-state index contributed by atoms with van der Waals surface area (Å²) in [6.45, 7) is 6.47. The zero-order valence-corrected chi connectivity index (χ0v) is 23.6. The van der Waals surface area contributed by atoms with Crippen LogP contribution < -0.4 is 0 Å². The molecular weight excluding hydrogens is 510 g/mol. The molecule has 0 saturated heterocycles. The Morgan fingerprint density at radius 3 is 2.41 bits per heavy atom. The molecule has 6 nitrogen and oxygen atoms in total. The van der Waals surface area contributed by atoms with Crippen LogP contribution in [0, 0.1) is 5.92 Å². The number of rotatable bonds is 12. The maximum absolute atomic E-state index is 13.7. The number of methoxy groups -OCH3 is 1. The van der Waals surface area contributed by atoms with Gasteiger partial charge in [0.2, 0.25) is 5.91 Å². The second-order valence-electron chi connectivity index (χ2n) is 10.2. The number of carbonyl (C=O) groups is 2. The fourth-order valence-electron chi connectivity index (χ4n) is 4.67. The summed E-state index contributed by atoms with van der Waals surface area (Å²) in [5, 5.41) is 2.77. The van der Waals surface area contributed by atoms with Gasteiger partial charge in [-0.3, -0.25) is 9.59 Å². The van der Waals surface area contributed by atoms with Crippen molar-refractivity contribution in [2.45, 2.75) is 26.9 Å². The largest absolute Gasteiger partial charge is 0.383 e. The van der Waals surface area contributed by atoms with Crippen molar-refractivity contribution in [3.05, 3.63) is 107 Å². The third kappa shape index (κ3) is 7.49. The minimum atomic E-state index is -0.183. The number of aromatic nitrogens is 1. The molecule has 7 heteroatoms. The van der Waals surface area contributed by atoms with Gasteiger partial charge in [0.05, 0.1) is 13.2 Å². The van der Waals surface area contributed by atoms with Crippen LogP contribution in [0.2, 0.25) is 5.02 Å². The van der Waals surface area contributed by atoms with Gasteiger partial charge < -0.3 is 19.1 Å². The van der Waals surface area contributed by atoms with Crippen LogP contribution in [-0.4, -0.2) is 59.5 Å². The number of fused-ring (bicyclic) bond motifs is 1. The van der Waals surface area contributed by atoms with Gasteiger partial charge in [-0.15, -0.1) is 0 Å². The zero-order chi connectivity index (χ0) is 27.8. The van der Waals surface area contributed by atoms with Gasteiger partial charge in [-0.2, -0.15) is 0 Å².